The van der Waals surface area contributed by atoms with E-state index in [1.54, 1.807) is 19.9 Å². The van der Waals surface area contributed by atoms with Gasteiger partial charge in [0.15, 0.2) is 5.84 Å². The first-order chi connectivity index (χ1) is 10.1. The molecule has 0 saturated heterocycles. The van der Waals surface area contributed by atoms with Crippen molar-refractivity contribution in [3.05, 3.63) is 38.9 Å². The number of nitrogens with zero attached hydrogens (tertiary/aromatic N) is 3. The molecule has 1 aromatic rings. The zero-order chi connectivity index (χ0) is 16.7. The maximum Gasteiger partial charge on any atom is 0.273 e. The van der Waals surface area contributed by atoms with Crippen LogP contribution in [0.2, 0.25) is 0 Å². The standard InChI is InChI=1S/C13H17F2N5O2/c1-7-3-8(2)11(20(21)22)4-10(7)12(16)18-19(17)9-5-13(14,15)6-9/h3-4,9H,5-6,17H2,1-2H3,(H2,16,18). The lowest BCUT2D eigenvalue weighted by molar-refractivity contribution is -0.385. The van der Waals surface area contributed by atoms with Gasteiger partial charge in [-0.05, 0) is 25.5 Å². The van der Waals surface area contributed by atoms with Crippen LogP contribution in [0.25, 0.3) is 0 Å². The van der Waals surface area contributed by atoms with Gasteiger partial charge in [0.25, 0.3) is 11.6 Å². The molecule has 0 unspecified atom stereocenters. The molecule has 0 aliphatic heterocycles. The highest BCUT2D eigenvalue weighted by Gasteiger charge is 2.47. The van der Waals surface area contributed by atoms with Crippen molar-refractivity contribution >= 4 is 11.5 Å². The second-order valence-electron chi connectivity index (χ2n) is 5.49. The number of nitro groups is 1. The molecule has 22 heavy (non-hydrogen) atoms. The number of aryl methyl sites for hydroxylation is 2. The van der Waals surface area contributed by atoms with Crippen LogP contribution >= 0.6 is 0 Å². The Morgan fingerprint density at radius 1 is 1.41 bits per heavy atom. The van der Waals surface area contributed by atoms with E-state index >= 15 is 0 Å². The van der Waals surface area contributed by atoms with E-state index < -0.39 is 16.9 Å². The summed E-state index contributed by atoms with van der Waals surface area (Å²) >= 11 is 0. The van der Waals surface area contributed by atoms with Crippen molar-refractivity contribution in [2.45, 2.75) is 38.7 Å². The third kappa shape index (κ3) is 3.14. The predicted molar refractivity (Wildman–Crippen MR) is 77.3 cm³/mol. The highest BCUT2D eigenvalue weighted by atomic mass is 19.3. The number of hydrazine groups is 1. The highest BCUT2D eigenvalue weighted by Crippen LogP contribution is 2.39. The number of benzene rings is 1. The van der Waals surface area contributed by atoms with E-state index in [0.29, 0.717) is 16.7 Å². The molecule has 0 atom stereocenters. The number of nitro benzene ring substituents is 1. The smallest absolute Gasteiger partial charge is 0.273 e. The quantitative estimate of drug-likeness (QED) is 0.289. The van der Waals surface area contributed by atoms with Crippen molar-refractivity contribution in [2.75, 3.05) is 0 Å². The molecule has 1 aliphatic carbocycles. The molecule has 0 radical (unpaired) electrons. The second kappa shape index (κ2) is 5.48. The Bertz CT molecular complexity index is 640. The zero-order valence-electron chi connectivity index (χ0n) is 12.2. The summed E-state index contributed by atoms with van der Waals surface area (Å²) in [5.74, 6) is 2.85. The van der Waals surface area contributed by atoms with Crippen LogP contribution in [0.1, 0.15) is 29.5 Å². The summed E-state index contributed by atoms with van der Waals surface area (Å²) in [6, 6.07) is 2.34. The number of amidine groups is 1. The first kappa shape index (κ1) is 16.1. The normalized spacial score (nSPS) is 18.0. The monoisotopic (exact) mass is 313 g/mol. The van der Waals surface area contributed by atoms with Crippen molar-refractivity contribution in [2.24, 2.45) is 16.7 Å². The number of alkyl halides is 2. The van der Waals surface area contributed by atoms with Crippen molar-refractivity contribution in [1.82, 2.24) is 5.12 Å². The SMILES string of the molecule is Cc1cc(C)c([N+](=O)[O-])cc1/C(N)=N/N(N)C1CC(F)(F)C1. The largest absolute Gasteiger partial charge is 0.382 e. The van der Waals surface area contributed by atoms with Gasteiger partial charge < -0.3 is 5.73 Å². The summed E-state index contributed by atoms with van der Waals surface area (Å²) in [4.78, 5) is 10.5. The number of hydrogen-bond donors (Lipinski definition) is 2. The molecular weight excluding hydrogens is 296 g/mol. The van der Waals surface area contributed by atoms with Gasteiger partial charge in [-0.2, -0.15) is 0 Å². The van der Waals surface area contributed by atoms with Gasteiger partial charge >= 0.3 is 0 Å². The molecule has 9 heteroatoms. The van der Waals surface area contributed by atoms with Crippen LogP contribution in [-0.2, 0) is 0 Å². The maximum absolute atomic E-state index is 12.8. The summed E-state index contributed by atoms with van der Waals surface area (Å²) in [6.45, 7) is 3.35. The molecule has 7 nitrogen and oxygen atoms in total. The van der Waals surface area contributed by atoms with Crippen molar-refractivity contribution in [3.63, 3.8) is 0 Å². The van der Waals surface area contributed by atoms with Crippen LogP contribution < -0.4 is 11.6 Å². The number of nitrogens with two attached hydrogens (primary N) is 2. The minimum Gasteiger partial charge on any atom is -0.382 e. The van der Waals surface area contributed by atoms with Gasteiger partial charge in [0, 0.05) is 30.0 Å². The Kier molecular flexibility index (Phi) is 4.01. The summed E-state index contributed by atoms with van der Waals surface area (Å²) in [7, 11) is 0. The lowest BCUT2D eigenvalue weighted by Crippen LogP contribution is -2.52. The molecule has 0 bridgehead atoms. The molecule has 0 amide bonds. The molecule has 0 heterocycles. The molecule has 0 spiro atoms. The summed E-state index contributed by atoms with van der Waals surface area (Å²) in [5.41, 5.74) is 7.29. The number of halogens is 2. The topological polar surface area (TPSA) is 111 Å². The lowest BCUT2D eigenvalue weighted by atomic mass is 9.88. The van der Waals surface area contributed by atoms with E-state index in [1.807, 2.05) is 0 Å². The van der Waals surface area contributed by atoms with Crippen molar-refractivity contribution in [1.29, 1.82) is 0 Å². The van der Waals surface area contributed by atoms with Crippen LogP contribution in [0.3, 0.4) is 0 Å². The molecular formula is C13H17F2N5O2. The van der Waals surface area contributed by atoms with Gasteiger partial charge in [0.05, 0.1) is 11.0 Å². The Morgan fingerprint density at radius 3 is 2.50 bits per heavy atom. The van der Waals surface area contributed by atoms with Crippen LogP contribution in [0.5, 0.6) is 0 Å². The van der Waals surface area contributed by atoms with Gasteiger partial charge in [0.2, 0.25) is 0 Å². The number of rotatable bonds is 4. The van der Waals surface area contributed by atoms with E-state index in [0.717, 1.165) is 5.12 Å². The first-order valence-electron chi connectivity index (χ1n) is 6.62. The maximum atomic E-state index is 12.8. The van der Waals surface area contributed by atoms with Gasteiger partial charge in [0.1, 0.15) is 0 Å². The Hall–Kier alpha value is -2.29. The minimum atomic E-state index is -2.72. The number of hydrogen-bond acceptors (Lipinski definition) is 5. The lowest BCUT2D eigenvalue weighted by Gasteiger charge is -2.38. The van der Waals surface area contributed by atoms with Gasteiger partial charge in [-0.25, -0.2) is 19.7 Å². The van der Waals surface area contributed by atoms with Crippen LogP contribution in [-0.4, -0.2) is 27.8 Å². The van der Waals surface area contributed by atoms with Crippen molar-refractivity contribution < 1.29 is 13.7 Å². The van der Waals surface area contributed by atoms with Crippen molar-refractivity contribution in [3.8, 4) is 0 Å². The zero-order valence-corrected chi connectivity index (χ0v) is 12.2. The minimum absolute atomic E-state index is 0.0432. The third-order valence-electron chi connectivity index (χ3n) is 3.68. The van der Waals surface area contributed by atoms with E-state index in [4.69, 9.17) is 11.6 Å². The van der Waals surface area contributed by atoms with Gasteiger partial charge in [-0.1, -0.05) is 0 Å². The molecule has 1 saturated carbocycles. The van der Waals surface area contributed by atoms with Gasteiger partial charge in [-0.3, -0.25) is 10.1 Å². The van der Waals surface area contributed by atoms with E-state index in [9.17, 15) is 18.9 Å². The van der Waals surface area contributed by atoms with E-state index in [-0.39, 0.29) is 24.4 Å². The number of hydrazone groups is 1. The molecule has 1 aromatic carbocycles. The molecule has 1 aliphatic rings. The molecule has 4 N–H and O–H groups in total. The molecule has 0 aromatic heterocycles. The van der Waals surface area contributed by atoms with Crippen LogP contribution in [0.4, 0.5) is 14.5 Å². The third-order valence-corrected chi connectivity index (χ3v) is 3.68. The summed E-state index contributed by atoms with van der Waals surface area (Å²) in [5, 5.41) is 15.7. The summed E-state index contributed by atoms with van der Waals surface area (Å²) in [6.07, 6.45) is -0.763. The van der Waals surface area contributed by atoms with Crippen LogP contribution in [0, 0.1) is 24.0 Å². The fourth-order valence-electron chi connectivity index (χ4n) is 2.39. The van der Waals surface area contributed by atoms with E-state index in [1.165, 1.54) is 6.07 Å². The average molecular weight is 313 g/mol. The fraction of sp³-hybridized carbons (Fsp3) is 0.462. The first-order valence-corrected chi connectivity index (χ1v) is 6.62. The Balaban J connectivity index is 2.25. The Morgan fingerprint density at radius 2 is 2.00 bits per heavy atom. The molecule has 1 fully saturated rings. The Labute approximate surface area is 125 Å². The average Bonchev–Trinajstić information content (AvgIpc) is 2.34. The second-order valence-corrected chi connectivity index (χ2v) is 5.49. The molecule has 2 rings (SSSR count). The van der Waals surface area contributed by atoms with Crippen LogP contribution in [0.15, 0.2) is 17.2 Å². The van der Waals surface area contributed by atoms with Gasteiger partial charge in [-0.15, -0.1) is 5.10 Å². The fourth-order valence-corrected chi connectivity index (χ4v) is 2.39. The molecule has 120 valence electrons. The predicted octanol–water partition coefficient (Wildman–Crippen LogP) is 1.81. The van der Waals surface area contributed by atoms with E-state index in [2.05, 4.69) is 5.10 Å². The summed E-state index contributed by atoms with van der Waals surface area (Å²) < 4.78 is 25.6. The highest BCUT2D eigenvalue weighted by molar-refractivity contribution is 5.99.